The number of esters is 2. The predicted octanol–water partition coefficient (Wildman–Crippen LogP) is 5.12. The van der Waals surface area contributed by atoms with E-state index in [1.807, 2.05) is 0 Å². The first-order chi connectivity index (χ1) is 22.6. The van der Waals surface area contributed by atoms with E-state index in [4.69, 9.17) is 18.9 Å². The number of hydrogen-bond acceptors (Lipinski definition) is 9. The van der Waals surface area contributed by atoms with Gasteiger partial charge in [0.05, 0.1) is 31.5 Å². The fourth-order valence-electron chi connectivity index (χ4n) is 5.94. The zero-order valence-corrected chi connectivity index (χ0v) is 27.8. The first-order valence-electron chi connectivity index (χ1n) is 17.6. The summed E-state index contributed by atoms with van der Waals surface area (Å²) in [5.41, 5.74) is 6.63. The monoisotopic (exact) mass is 639 g/mol. The molecular weight excluding hydrogens is 582 g/mol. The molecule has 2 aliphatic carbocycles. The minimum atomic E-state index is -0.346. The Morgan fingerprint density at radius 1 is 0.587 bits per heavy atom. The van der Waals surface area contributed by atoms with E-state index in [-0.39, 0.29) is 24.1 Å². The molecule has 256 valence electrons. The molecule has 1 heterocycles. The normalized spacial score (nSPS) is 26.0. The van der Waals surface area contributed by atoms with E-state index in [1.165, 1.54) is 12.2 Å². The maximum atomic E-state index is 11.0. The Morgan fingerprint density at radius 3 is 1.48 bits per heavy atom. The summed E-state index contributed by atoms with van der Waals surface area (Å²) in [6, 6.07) is 0.0784. The fourth-order valence-corrected chi connectivity index (χ4v) is 5.94. The van der Waals surface area contributed by atoms with Crippen molar-refractivity contribution in [2.45, 2.75) is 127 Å². The van der Waals surface area contributed by atoms with E-state index in [1.54, 1.807) is 0 Å². The third-order valence-corrected chi connectivity index (χ3v) is 8.78. The lowest BCUT2D eigenvalue weighted by Gasteiger charge is -2.28. The Bertz CT molecular complexity index is 937. The highest BCUT2D eigenvalue weighted by atomic mass is 16.5. The lowest BCUT2D eigenvalue weighted by molar-refractivity contribution is -0.138. The Kier molecular flexibility index (Phi) is 19.4. The molecule has 0 aromatic heterocycles. The molecule has 3 N–H and O–H groups in total. The highest BCUT2D eigenvalue weighted by molar-refractivity contribution is 5.81. The summed E-state index contributed by atoms with van der Waals surface area (Å²) in [4.78, 5) is 22.0. The summed E-state index contributed by atoms with van der Waals surface area (Å²) < 4.78 is 22.2. The van der Waals surface area contributed by atoms with Gasteiger partial charge in [0.2, 0.25) is 0 Å². The Morgan fingerprint density at radius 2 is 1.04 bits per heavy atom. The van der Waals surface area contributed by atoms with Gasteiger partial charge in [0.1, 0.15) is 6.17 Å². The topological polar surface area (TPSA) is 107 Å². The molecule has 9 heteroatoms. The van der Waals surface area contributed by atoms with E-state index >= 15 is 0 Å². The molecule has 0 bridgehead atoms. The minimum Gasteiger partial charge on any atom is -0.463 e. The second-order valence-corrected chi connectivity index (χ2v) is 12.5. The van der Waals surface area contributed by atoms with Crippen molar-refractivity contribution >= 4 is 11.9 Å². The second kappa shape index (κ2) is 23.6. The quantitative estimate of drug-likeness (QED) is 0.0816. The van der Waals surface area contributed by atoms with Gasteiger partial charge in [0.15, 0.2) is 0 Å². The smallest absolute Gasteiger partial charge is 0.330 e. The molecule has 2 atom stereocenters. The van der Waals surface area contributed by atoms with Gasteiger partial charge in [-0.05, 0) is 89.9 Å². The molecule has 46 heavy (non-hydrogen) atoms. The molecule has 2 unspecified atom stereocenters. The van der Waals surface area contributed by atoms with Crippen LogP contribution in [0, 0.1) is 35.5 Å². The molecular formula is C37H57N3O6. The van der Waals surface area contributed by atoms with Crippen LogP contribution < -0.4 is 16.2 Å². The van der Waals surface area contributed by atoms with Crippen LogP contribution in [0.5, 0.6) is 0 Å². The Balaban J connectivity index is 1.16. The van der Waals surface area contributed by atoms with Crippen LogP contribution in [0.25, 0.3) is 0 Å². The Hall–Kier alpha value is -2.66. The van der Waals surface area contributed by atoms with Crippen molar-refractivity contribution in [3.05, 3.63) is 25.3 Å². The standard InChI is InChI=1S/C37H57N3O6/c1-3-36(41)45-27-11-7-5-9-25-43-33-20-14-30(15-21-33)13-19-32-29-38-35(40-39-32)24-18-31-16-22-34(23-17-31)44-26-10-6-8-12-28-46-37(42)4-2/h3-4,30-35,38-40H,1-2,5-12,14-17,20-23,25-29H2. The maximum absolute atomic E-state index is 11.0. The third kappa shape index (κ3) is 16.8. The molecule has 3 rings (SSSR count). The van der Waals surface area contributed by atoms with Gasteiger partial charge in [-0.25, -0.2) is 20.4 Å². The molecule has 1 aliphatic heterocycles. The number of nitrogens with one attached hydrogen (secondary N) is 3. The van der Waals surface area contributed by atoms with Crippen LogP contribution in [0.15, 0.2) is 25.3 Å². The largest absolute Gasteiger partial charge is 0.463 e. The van der Waals surface area contributed by atoms with Crippen LogP contribution >= 0.6 is 0 Å². The van der Waals surface area contributed by atoms with Gasteiger partial charge in [-0.3, -0.25) is 5.32 Å². The van der Waals surface area contributed by atoms with Crippen molar-refractivity contribution in [3.8, 4) is 23.7 Å². The van der Waals surface area contributed by atoms with Crippen LogP contribution in [0.1, 0.15) is 103 Å². The van der Waals surface area contributed by atoms with Gasteiger partial charge in [-0.15, -0.1) is 0 Å². The molecule has 3 aliphatic rings. The summed E-state index contributed by atoms with van der Waals surface area (Å²) >= 11 is 0. The number of hydrogen-bond donors (Lipinski definition) is 3. The maximum Gasteiger partial charge on any atom is 0.330 e. The van der Waals surface area contributed by atoms with Crippen molar-refractivity contribution in [1.82, 2.24) is 16.2 Å². The zero-order valence-electron chi connectivity index (χ0n) is 27.8. The number of carbonyl (C=O) groups excluding carboxylic acids is 2. The molecule has 0 spiro atoms. The van der Waals surface area contributed by atoms with E-state index < -0.39 is 0 Å². The molecule has 0 amide bonds. The summed E-state index contributed by atoms with van der Waals surface area (Å²) in [6.45, 7) is 10.1. The van der Waals surface area contributed by atoms with E-state index in [0.29, 0.717) is 37.3 Å². The zero-order chi connectivity index (χ0) is 32.7. The summed E-state index contributed by atoms with van der Waals surface area (Å²) in [5, 5.41) is 3.48. The fraction of sp³-hybridized carbons (Fsp3) is 0.730. The predicted molar refractivity (Wildman–Crippen MR) is 180 cm³/mol. The van der Waals surface area contributed by atoms with Crippen LogP contribution in [0.2, 0.25) is 0 Å². The minimum absolute atomic E-state index is 0.0605. The van der Waals surface area contributed by atoms with Crippen molar-refractivity contribution < 1.29 is 28.5 Å². The molecule has 3 fully saturated rings. The van der Waals surface area contributed by atoms with Crippen LogP contribution in [-0.4, -0.2) is 69.3 Å². The van der Waals surface area contributed by atoms with E-state index in [2.05, 4.69) is 53.0 Å². The second-order valence-electron chi connectivity index (χ2n) is 12.5. The highest BCUT2D eigenvalue weighted by Crippen LogP contribution is 2.27. The van der Waals surface area contributed by atoms with Gasteiger partial charge < -0.3 is 18.9 Å². The van der Waals surface area contributed by atoms with E-state index in [0.717, 1.165) is 122 Å². The molecule has 1 saturated heterocycles. The summed E-state index contributed by atoms with van der Waals surface area (Å²) in [7, 11) is 0. The van der Waals surface area contributed by atoms with Crippen LogP contribution in [0.3, 0.4) is 0 Å². The summed E-state index contributed by atoms with van der Waals surface area (Å²) in [5.74, 6) is 13.9. The first kappa shape index (κ1) is 37.8. The lowest BCUT2D eigenvalue weighted by atomic mass is 9.87. The van der Waals surface area contributed by atoms with Crippen LogP contribution in [-0.2, 0) is 28.5 Å². The van der Waals surface area contributed by atoms with E-state index in [9.17, 15) is 9.59 Å². The SMILES string of the molecule is C=CC(=O)OCCCCCCOC1CCC(C#CC2CNC(C#CC3CCC(OCCCCCCOC(=O)C=C)CC3)NN2)CC1. The van der Waals surface area contributed by atoms with Crippen molar-refractivity contribution in [3.63, 3.8) is 0 Å². The molecule has 9 nitrogen and oxygen atoms in total. The van der Waals surface area contributed by atoms with Crippen molar-refractivity contribution in [2.75, 3.05) is 33.0 Å². The lowest BCUT2D eigenvalue weighted by Crippen LogP contribution is -2.61. The Labute approximate surface area is 277 Å². The molecule has 0 aromatic carbocycles. The van der Waals surface area contributed by atoms with Gasteiger partial charge in [0, 0.05) is 43.7 Å². The average Bonchev–Trinajstić information content (AvgIpc) is 3.09. The highest BCUT2D eigenvalue weighted by Gasteiger charge is 2.22. The number of unbranched alkanes of at least 4 members (excludes halogenated alkanes) is 6. The number of carbonyl (C=O) groups is 2. The van der Waals surface area contributed by atoms with Gasteiger partial charge in [-0.2, -0.15) is 0 Å². The van der Waals surface area contributed by atoms with Crippen molar-refractivity contribution in [2.24, 2.45) is 11.8 Å². The summed E-state index contributed by atoms with van der Waals surface area (Å²) in [6.07, 6.45) is 19.9. The number of ether oxygens (including phenoxy) is 4. The third-order valence-electron chi connectivity index (χ3n) is 8.78. The molecule has 0 radical (unpaired) electrons. The average molecular weight is 640 g/mol. The van der Waals surface area contributed by atoms with Gasteiger partial charge in [-0.1, -0.05) is 49.7 Å². The van der Waals surface area contributed by atoms with Crippen LogP contribution in [0.4, 0.5) is 0 Å². The number of hydrazine groups is 1. The number of rotatable bonds is 18. The molecule has 2 saturated carbocycles. The first-order valence-corrected chi connectivity index (χ1v) is 17.6. The van der Waals surface area contributed by atoms with Crippen molar-refractivity contribution in [1.29, 1.82) is 0 Å². The van der Waals surface area contributed by atoms with Gasteiger partial charge in [0.25, 0.3) is 0 Å². The molecule has 0 aromatic rings. The van der Waals surface area contributed by atoms with Gasteiger partial charge >= 0.3 is 11.9 Å².